The minimum atomic E-state index is 0.855. The molecule has 70 valence electrons. The van der Waals surface area contributed by atoms with E-state index in [-0.39, 0.29) is 0 Å². The molecule has 0 nitrogen and oxygen atoms in total. The SMILES string of the molecule is Cc1cccc(C=CCCBr)c1Cl. The van der Waals surface area contributed by atoms with Crippen LogP contribution >= 0.6 is 27.5 Å². The number of hydrogen-bond donors (Lipinski definition) is 0. The van der Waals surface area contributed by atoms with E-state index >= 15 is 0 Å². The second-order valence-corrected chi connectivity index (χ2v) is 4.03. The van der Waals surface area contributed by atoms with Gasteiger partial charge in [-0.25, -0.2) is 0 Å². The lowest BCUT2D eigenvalue weighted by Gasteiger charge is -2.00. The highest BCUT2D eigenvalue weighted by atomic mass is 79.9. The summed E-state index contributed by atoms with van der Waals surface area (Å²) in [4.78, 5) is 0. The normalized spacial score (nSPS) is 11.0. The minimum absolute atomic E-state index is 0.855. The van der Waals surface area contributed by atoms with Crippen LogP contribution in [0.3, 0.4) is 0 Å². The monoisotopic (exact) mass is 258 g/mol. The predicted octanol–water partition coefficient (Wildman–Crippen LogP) is 4.45. The molecule has 1 aromatic rings. The zero-order valence-electron chi connectivity index (χ0n) is 7.56. The van der Waals surface area contributed by atoms with Crippen LogP contribution in [0.1, 0.15) is 17.5 Å². The molecule has 0 saturated carbocycles. The summed E-state index contributed by atoms with van der Waals surface area (Å²) < 4.78 is 0. The lowest BCUT2D eigenvalue weighted by Crippen LogP contribution is -1.79. The van der Waals surface area contributed by atoms with Crippen molar-refractivity contribution in [2.75, 3.05) is 5.33 Å². The first kappa shape index (κ1) is 10.8. The second-order valence-electron chi connectivity index (χ2n) is 2.86. The van der Waals surface area contributed by atoms with Crippen molar-refractivity contribution < 1.29 is 0 Å². The molecule has 1 aromatic carbocycles. The van der Waals surface area contributed by atoms with Crippen LogP contribution in [0.15, 0.2) is 24.3 Å². The van der Waals surface area contributed by atoms with Crippen molar-refractivity contribution >= 4 is 33.6 Å². The number of hydrogen-bond acceptors (Lipinski definition) is 0. The Labute approximate surface area is 92.7 Å². The van der Waals surface area contributed by atoms with Gasteiger partial charge in [0, 0.05) is 5.33 Å². The molecule has 0 heterocycles. The van der Waals surface area contributed by atoms with Gasteiger partial charge in [-0.2, -0.15) is 0 Å². The van der Waals surface area contributed by atoms with E-state index in [2.05, 4.69) is 28.1 Å². The van der Waals surface area contributed by atoms with Gasteiger partial charge in [-0.15, -0.1) is 0 Å². The highest BCUT2D eigenvalue weighted by molar-refractivity contribution is 9.09. The summed E-state index contributed by atoms with van der Waals surface area (Å²) in [6, 6.07) is 6.07. The van der Waals surface area contributed by atoms with Gasteiger partial charge in [-0.05, 0) is 24.5 Å². The summed E-state index contributed by atoms with van der Waals surface area (Å²) in [5.74, 6) is 0. The Kier molecular flexibility index (Phi) is 4.54. The summed E-state index contributed by atoms with van der Waals surface area (Å²) in [6.07, 6.45) is 5.22. The smallest absolute Gasteiger partial charge is 0.0507 e. The number of benzene rings is 1. The van der Waals surface area contributed by atoms with Crippen molar-refractivity contribution in [2.45, 2.75) is 13.3 Å². The molecule has 0 radical (unpaired) electrons. The van der Waals surface area contributed by atoms with Crippen LogP contribution in [-0.4, -0.2) is 5.33 Å². The molecular weight excluding hydrogens is 247 g/mol. The molecule has 0 bridgehead atoms. The maximum atomic E-state index is 6.11. The standard InChI is InChI=1S/C11H12BrCl/c1-9-5-4-7-10(11(9)13)6-2-3-8-12/h2,4-7H,3,8H2,1H3. The lowest BCUT2D eigenvalue weighted by atomic mass is 10.1. The topological polar surface area (TPSA) is 0 Å². The number of halogens is 2. The minimum Gasteiger partial charge on any atom is -0.0925 e. The molecule has 0 saturated heterocycles. The van der Waals surface area contributed by atoms with Gasteiger partial charge in [-0.1, -0.05) is 57.9 Å². The van der Waals surface area contributed by atoms with Crippen molar-refractivity contribution in [1.82, 2.24) is 0 Å². The van der Waals surface area contributed by atoms with Crippen molar-refractivity contribution in [3.05, 3.63) is 40.4 Å². The fourth-order valence-corrected chi connectivity index (χ4v) is 1.53. The first-order valence-corrected chi connectivity index (χ1v) is 5.73. The Morgan fingerprint density at radius 2 is 2.23 bits per heavy atom. The van der Waals surface area contributed by atoms with Gasteiger partial charge in [-0.3, -0.25) is 0 Å². The molecule has 0 amide bonds. The molecule has 0 unspecified atom stereocenters. The van der Waals surface area contributed by atoms with E-state index in [0.29, 0.717) is 0 Å². The Bertz CT molecular complexity index is 305. The fourth-order valence-electron chi connectivity index (χ4n) is 1.07. The Morgan fingerprint density at radius 3 is 2.92 bits per heavy atom. The van der Waals surface area contributed by atoms with Crippen LogP contribution in [0.25, 0.3) is 6.08 Å². The molecule has 0 aliphatic carbocycles. The number of allylic oxidation sites excluding steroid dienone is 1. The molecule has 0 aliphatic rings. The first-order valence-electron chi connectivity index (χ1n) is 4.23. The molecule has 0 spiro atoms. The lowest BCUT2D eigenvalue weighted by molar-refractivity contribution is 1.27. The number of alkyl halides is 1. The quantitative estimate of drug-likeness (QED) is 0.704. The van der Waals surface area contributed by atoms with E-state index in [1.807, 2.05) is 25.1 Å². The van der Waals surface area contributed by atoms with E-state index in [9.17, 15) is 0 Å². The van der Waals surface area contributed by atoms with Crippen molar-refractivity contribution in [3.8, 4) is 0 Å². The molecule has 0 N–H and O–H groups in total. The van der Waals surface area contributed by atoms with Gasteiger partial charge in [0.2, 0.25) is 0 Å². The molecule has 0 fully saturated rings. The summed E-state index contributed by atoms with van der Waals surface area (Å²) in [7, 11) is 0. The van der Waals surface area contributed by atoms with Gasteiger partial charge in [0.25, 0.3) is 0 Å². The molecule has 1 rings (SSSR count). The predicted molar refractivity (Wildman–Crippen MR) is 63.6 cm³/mol. The fraction of sp³-hybridized carbons (Fsp3) is 0.273. The van der Waals surface area contributed by atoms with E-state index in [0.717, 1.165) is 27.9 Å². The van der Waals surface area contributed by atoms with Gasteiger partial charge >= 0.3 is 0 Å². The first-order chi connectivity index (χ1) is 6.25. The van der Waals surface area contributed by atoms with E-state index < -0.39 is 0 Å². The third kappa shape index (κ3) is 3.17. The maximum absolute atomic E-state index is 6.11. The zero-order chi connectivity index (χ0) is 9.68. The maximum Gasteiger partial charge on any atom is 0.0507 e. The molecule has 0 aromatic heterocycles. The van der Waals surface area contributed by atoms with Crippen LogP contribution in [0.2, 0.25) is 5.02 Å². The van der Waals surface area contributed by atoms with Crippen LogP contribution in [0.5, 0.6) is 0 Å². The third-order valence-electron chi connectivity index (χ3n) is 1.79. The van der Waals surface area contributed by atoms with Crippen LogP contribution in [-0.2, 0) is 0 Å². The molecular formula is C11H12BrCl. The summed E-state index contributed by atoms with van der Waals surface area (Å²) in [5, 5.41) is 1.85. The number of aryl methyl sites for hydroxylation is 1. The van der Waals surface area contributed by atoms with Crippen LogP contribution in [0, 0.1) is 6.92 Å². The summed E-state index contributed by atoms with van der Waals surface area (Å²) >= 11 is 9.48. The zero-order valence-corrected chi connectivity index (χ0v) is 9.90. The molecule has 13 heavy (non-hydrogen) atoms. The second kappa shape index (κ2) is 5.46. The molecule has 0 atom stereocenters. The Hall–Kier alpha value is -0.270. The highest BCUT2D eigenvalue weighted by Crippen LogP contribution is 2.21. The Balaban J connectivity index is 2.83. The van der Waals surface area contributed by atoms with E-state index in [1.165, 1.54) is 0 Å². The van der Waals surface area contributed by atoms with Gasteiger partial charge in [0.1, 0.15) is 0 Å². The largest absolute Gasteiger partial charge is 0.0925 e. The van der Waals surface area contributed by atoms with Gasteiger partial charge in [0.15, 0.2) is 0 Å². The van der Waals surface area contributed by atoms with E-state index in [1.54, 1.807) is 0 Å². The summed E-state index contributed by atoms with van der Waals surface area (Å²) in [5.41, 5.74) is 2.23. The van der Waals surface area contributed by atoms with Gasteiger partial charge in [0.05, 0.1) is 5.02 Å². The number of rotatable bonds is 3. The molecule has 2 heteroatoms. The van der Waals surface area contributed by atoms with Crippen molar-refractivity contribution in [3.63, 3.8) is 0 Å². The van der Waals surface area contributed by atoms with E-state index in [4.69, 9.17) is 11.6 Å². The average Bonchev–Trinajstić information content (AvgIpc) is 2.13. The third-order valence-corrected chi connectivity index (χ3v) is 2.77. The van der Waals surface area contributed by atoms with Gasteiger partial charge < -0.3 is 0 Å². The molecule has 0 aliphatic heterocycles. The van der Waals surface area contributed by atoms with Crippen LogP contribution in [0.4, 0.5) is 0 Å². The summed E-state index contributed by atoms with van der Waals surface area (Å²) in [6.45, 7) is 2.02. The van der Waals surface area contributed by atoms with Crippen LogP contribution < -0.4 is 0 Å². The average molecular weight is 260 g/mol. The highest BCUT2D eigenvalue weighted by Gasteiger charge is 1.97. The van der Waals surface area contributed by atoms with Crippen molar-refractivity contribution in [1.29, 1.82) is 0 Å². The Morgan fingerprint density at radius 1 is 1.46 bits per heavy atom. The van der Waals surface area contributed by atoms with Crippen molar-refractivity contribution in [2.24, 2.45) is 0 Å².